The van der Waals surface area contributed by atoms with Crippen molar-refractivity contribution in [3.05, 3.63) is 52.4 Å². The van der Waals surface area contributed by atoms with E-state index < -0.39 is 23.1 Å². The van der Waals surface area contributed by atoms with Crippen LogP contribution in [0.15, 0.2) is 30.3 Å². The lowest BCUT2D eigenvalue weighted by Gasteiger charge is -2.30. The van der Waals surface area contributed by atoms with Gasteiger partial charge in [0.15, 0.2) is 0 Å². The number of hydrogen-bond donors (Lipinski definition) is 4. The average Bonchev–Trinajstić information content (AvgIpc) is 3.45. The van der Waals surface area contributed by atoms with Gasteiger partial charge in [0.2, 0.25) is 0 Å². The molecule has 1 unspecified atom stereocenters. The van der Waals surface area contributed by atoms with E-state index >= 15 is 0 Å². The molecule has 6 nitrogen and oxygen atoms in total. The highest BCUT2D eigenvalue weighted by atomic mass is 35.5. The van der Waals surface area contributed by atoms with Crippen molar-refractivity contribution in [2.75, 3.05) is 6.54 Å². The summed E-state index contributed by atoms with van der Waals surface area (Å²) in [4.78, 5) is 15.5. The first-order valence-electron chi connectivity index (χ1n) is 8.91. The molecule has 0 saturated heterocycles. The van der Waals surface area contributed by atoms with E-state index in [0.717, 1.165) is 12.8 Å². The van der Waals surface area contributed by atoms with E-state index in [1.165, 1.54) is 30.3 Å². The minimum Gasteiger partial charge on any atom is -0.465 e. The molecule has 1 aliphatic rings. The second-order valence-corrected chi connectivity index (χ2v) is 8.02. The van der Waals surface area contributed by atoms with Gasteiger partial charge in [-0.2, -0.15) is 0 Å². The fourth-order valence-corrected chi connectivity index (χ4v) is 3.65. The van der Waals surface area contributed by atoms with E-state index in [4.69, 9.17) is 16.7 Å². The molecule has 4 N–H and O–H groups in total. The van der Waals surface area contributed by atoms with Crippen molar-refractivity contribution in [2.24, 2.45) is 5.92 Å². The number of pyridine rings is 1. The van der Waals surface area contributed by atoms with Gasteiger partial charge in [-0.05, 0) is 62.9 Å². The quantitative estimate of drug-likeness (QED) is 0.584. The molecule has 8 heteroatoms. The number of nitrogens with zero attached hydrogens (tertiary/aromatic N) is 1. The number of rotatable bonds is 6. The Hall–Kier alpha value is -2.22. The zero-order chi connectivity index (χ0) is 20.7. The maximum absolute atomic E-state index is 13.3. The number of carbonyl (C=O) groups is 1. The molecular weight excluding hydrogens is 387 g/mol. The predicted molar refractivity (Wildman–Crippen MR) is 103 cm³/mol. The second-order valence-electron chi connectivity index (χ2n) is 7.64. The molecule has 1 aromatic heterocycles. The lowest BCUT2D eigenvalue weighted by molar-refractivity contribution is 0.00942. The van der Waals surface area contributed by atoms with Crippen molar-refractivity contribution in [1.29, 1.82) is 0 Å². The van der Waals surface area contributed by atoms with Crippen molar-refractivity contribution in [1.82, 2.24) is 10.3 Å². The molecule has 150 valence electrons. The number of hydrogen-bond acceptors (Lipinski definition) is 4. The fraction of sp³-hybridized carbons (Fsp3) is 0.400. The van der Waals surface area contributed by atoms with Crippen LogP contribution in [0.5, 0.6) is 0 Å². The summed E-state index contributed by atoms with van der Waals surface area (Å²) in [5.74, 6) is -0.581. The third-order valence-corrected chi connectivity index (χ3v) is 5.32. The van der Waals surface area contributed by atoms with Crippen molar-refractivity contribution < 1.29 is 24.5 Å². The van der Waals surface area contributed by atoms with Gasteiger partial charge in [-0.3, -0.25) is 0 Å². The smallest absolute Gasteiger partial charge is 0.404 e. The molecule has 0 radical (unpaired) electrons. The summed E-state index contributed by atoms with van der Waals surface area (Å²) >= 11 is 6.50. The summed E-state index contributed by atoms with van der Waals surface area (Å²) in [6.45, 7) is 2.87. The normalized spacial score (nSPS) is 16.5. The Kier molecular flexibility index (Phi) is 5.36. The second kappa shape index (κ2) is 7.31. The molecular formula is C20H22ClFN2O4. The van der Waals surface area contributed by atoms with Gasteiger partial charge in [0.1, 0.15) is 11.4 Å². The summed E-state index contributed by atoms with van der Waals surface area (Å²) in [7, 11) is 0. The molecule has 1 aromatic carbocycles. The van der Waals surface area contributed by atoms with Crippen LogP contribution in [-0.4, -0.2) is 32.9 Å². The van der Waals surface area contributed by atoms with Crippen LogP contribution >= 0.6 is 11.6 Å². The monoisotopic (exact) mass is 408 g/mol. The van der Waals surface area contributed by atoms with Crippen molar-refractivity contribution in [3.8, 4) is 11.3 Å². The minimum atomic E-state index is -1.54. The lowest BCUT2D eigenvalue weighted by atomic mass is 9.88. The Morgan fingerprint density at radius 2 is 1.89 bits per heavy atom. The van der Waals surface area contributed by atoms with Crippen molar-refractivity contribution in [3.63, 3.8) is 0 Å². The summed E-state index contributed by atoms with van der Waals surface area (Å²) in [6.07, 6.45) is 0.201. The topological polar surface area (TPSA) is 103 Å². The van der Waals surface area contributed by atoms with E-state index in [1.54, 1.807) is 13.8 Å². The van der Waals surface area contributed by atoms with E-state index in [9.17, 15) is 19.4 Å². The van der Waals surface area contributed by atoms with Crippen LogP contribution < -0.4 is 5.32 Å². The van der Waals surface area contributed by atoms with Crippen molar-refractivity contribution in [2.45, 2.75) is 37.9 Å². The molecule has 1 aliphatic carbocycles. The Balaban J connectivity index is 2.19. The zero-order valence-electron chi connectivity index (χ0n) is 15.5. The molecule has 1 amide bonds. The zero-order valence-corrected chi connectivity index (χ0v) is 16.3. The third-order valence-electron chi connectivity index (χ3n) is 4.94. The SMILES string of the molecule is CC(C)(O)c1cc(C(O)(CNC(=O)O)C2CC2)nc(-c2ccc(F)cc2)c1Cl. The van der Waals surface area contributed by atoms with Gasteiger partial charge in [0.25, 0.3) is 0 Å². The van der Waals surface area contributed by atoms with Crippen LogP contribution in [0.3, 0.4) is 0 Å². The maximum atomic E-state index is 13.3. The Morgan fingerprint density at radius 1 is 1.29 bits per heavy atom. The van der Waals surface area contributed by atoms with E-state index in [1.807, 2.05) is 0 Å². The number of carboxylic acid groups (broad SMARTS) is 1. The molecule has 0 spiro atoms. The van der Waals surface area contributed by atoms with Crippen LogP contribution in [0.25, 0.3) is 11.3 Å². The summed E-state index contributed by atoms with van der Waals surface area (Å²) < 4.78 is 13.3. The van der Waals surface area contributed by atoms with Crippen molar-refractivity contribution >= 4 is 17.7 Å². The van der Waals surface area contributed by atoms with Gasteiger partial charge < -0.3 is 20.6 Å². The molecule has 2 aromatic rings. The number of amides is 1. The van der Waals surface area contributed by atoms with Gasteiger partial charge in [-0.25, -0.2) is 14.2 Å². The first kappa shape index (κ1) is 20.5. The number of aliphatic hydroxyl groups is 2. The van der Waals surface area contributed by atoms with Crippen LogP contribution in [0.2, 0.25) is 5.02 Å². The van der Waals surface area contributed by atoms with Crippen LogP contribution in [0.1, 0.15) is 37.9 Å². The maximum Gasteiger partial charge on any atom is 0.404 e. The average molecular weight is 409 g/mol. The molecule has 0 aliphatic heterocycles. The Labute approximate surface area is 167 Å². The molecule has 0 bridgehead atoms. The number of benzene rings is 1. The van der Waals surface area contributed by atoms with Gasteiger partial charge in [-0.1, -0.05) is 11.6 Å². The van der Waals surface area contributed by atoms with Gasteiger partial charge in [-0.15, -0.1) is 0 Å². The Bertz CT molecular complexity index is 894. The number of aromatic nitrogens is 1. The molecule has 1 heterocycles. The summed E-state index contributed by atoms with van der Waals surface area (Å²) in [5, 5.41) is 33.3. The van der Waals surface area contributed by atoms with E-state index in [0.29, 0.717) is 11.1 Å². The Morgan fingerprint density at radius 3 is 2.39 bits per heavy atom. The predicted octanol–water partition coefficient (Wildman–Crippen LogP) is 3.63. The third kappa shape index (κ3) is 4.11. The number of halogens is 2. The molecule has 1 fully saturated rings. The molecule has 1 atom stereocenters. The highest BCUT2D eigenvalue weighted by molar-refractivity contribution is 6.34. The van der Waals surface area contributed by atoms with E-state index in [-0.39, 0.29) is 28.9 Å². The first-order chi connectivity index (χ1) is 13.0. The van der Waals surface area contributed by atoms with E-state index in [2.05, 4.69) is 10.3 Å². The van der Waals surface area contributed by atoms with Crippen LogP contribution in [-0.2, 0) is 11.2 Å². The highest BCUT2D eigenvalue weighted by Gasteiger charge is 2.47. The summed E-state index contributed by atoms with van der Waals surface area (Å²) in [6, 6.07) is 7.06. The van der Waals surface area contributed by atoms with Crippen LogP contribution in [0, 0.1) is 11.7 Å². The molecule has 28 heavy (non-hydrogen) atoms. The van der Waals surface area contributed by atoms with Crippen LogP contribution in [0.4, 0.5) is 9.18 Å². The number of nitrogens with one attached hydrogen (secondary N) is 1. The minimum absolute atomic E-state index is 0.163. The van der Waals surface area contributed by atoms with Gasteiger partial charge in [0, 0.05) is 11.1 Å². The van der Waals surface area contributed by atoms with Gasteiger partial charge in [0.05, 0.1) is 28.6 Å². The standard InChI is InChI=1S/C20H22ClFN2O4/c1-19(2,27)14-9-15(20(28,12-5-6-12)10-23-18(25)26)24-17(16(14)21)11-3-7-13(22)8-4-11/h3-4,7-9,12,23,27-28H,5-6,10H2,1-2H3,(H,25,26). The summed E-state index contributed by atoms with van der Waals surface area (Å²) in [5.41, 5.74) is -1.53. The van der Waals surface area contributed by atoms with Gasteiger partial charge >= 0.3 is 6.09 Å². The molecule has 1 saturated carbocycles. The largest absolute Gasteiger partial charge is 0.465 e. The molecule has 3 rings (SSSR count). The fourth-order valence-electron chi connectivity index (χ4n) is 3.21. The highest BCUT2D eigenvalue weighted by Crippen LogP contribution is 2.47. The first-order valence-corrected chi connectivity index (χ1v) is 9.29. The lowest BCUT2D eigenvalue weighted by Crippen LogP contribution is -2.43.